The number of hydrogen-bond donors (Lipinski definition) is 1. The van der Waals surface area contributed by atoms with Crippen molar-refractivity contribution in [2.24, 2.45) is 0 Å². The van der Waals surface area contributed by atoms with Crippen molar-refractivity contribution >= 4 is 0 Å². The Hall–Kier alpha value is -1.12. The summed E-state index contributed by atoms with van der Waals surface area (Å²) < 4.78 is 5.70. The summed E-state index contributed by atoms with van der Waals surface area (Å²) in [7, 11) is 0. The SMILES string of the molecule is C=CCNCC(C)OCCc1ccccc1. The van der Waals surface area contributed by atoms with E-state index in [0.29, 0.717) is 0 Å². The molecule has 16 heavy (non-hydrogen) atoms. The molecule has 1 aromatic rings. The molecule has 0 saturated heterocycles. The Balaban J connectivity index is 2.08. The lowest BCUT2D eigenvalue weighted by molar-refractivity contribution is 0.0689. The lowest BCUT2D eigenvalue weighted by atomic mass is 10.2. The van der Waals surface area contributed by atoms with Gasteiger partial charge in [0.2, 0.25) is 0 Å². The van der Waals surface area contributed by atoms with Crippen LogP contribution < -0.4 is 5.32 Å². The quantitative estimate of drug-likeness (QED) is 0.535. The topological polar surface area (TPSA) is 21.3 Å². The highest BCUT2D eigenvalue weighted by atomic mass is 16.5. The molecular formula is C14H21NO. The minimum atomic E-state index is 0.253. The fraction of sp³-hybridized carbons (Fsp3) is 0.429. The smallest absolute Gasteiger partial charge is 0.0671 e. The Labute approximate surface area is 98.3 Å². The van der Waals surface area contributed by atoms with Crippen LogP contribution in [0.15, 0.2) is 43.0 Å². The van der Waals surface area contributed by atoms with Crippen molar-refractivity contribution < 1.29 is 4.74 Å². The number of benzene rings is 1. The van der Waals surface area contributed by atoms with Crippen molar-refractivity contribution in [1.29, 1.82) is 0 Å². The average Bonchev–Trinajstić information content (AvgIpc) is 2.31. The van der Waals surface area contributed by atoms with E-state index in [1.54, 1.807) is 0 Å². The first kappa shape index (κ1) is 12.9. The van der Waals surface area contributed by atoms with Gasteiger partial charge in [0.05, 0.1) is 12.7 Å². The minimum absolute atomic E-state index is 0.253. The monoisotopic (exact) mass is 219 g/mol. The van der Waals surface area contributed by atoms with Crippen molar-refractivity contribution in [2.45, 2.75) is 19.4 Å². The molecule has 0 aromatic heterocycles. The zero-order valence-corrected chi connectivity index (χ0v) is 9.99. The number of nitrogens with one attached hydrogen (secondary N) is 1. The third-order valence-electron chi connectivity index (χ3n) is 2.36. The Morgan fingerprint density at radius 1 is 1.38 bits per heavy atom. The van der Waals surface area contributed by atoms with Gasteiger partial charge in [-0.25, -0.2) is 0 Å². The molecule has 1 aromatic carbocycles. The summed E-state index contributed by atoms with van der Waals surface area (Å²) in [6, 6.07) is 10.4. The molecule has 0 bridgehead atoms. The standard InChI is InChI=1S/C14H21NO/c1-3-10-15-12-13(2)16-11-9-14-7-5-4-6-8-14/h3-8,13,15H,1,9-12H2,2H3. The summed E-state index contributed by atoms with van der Waals surface area (Å²) in [6.07, 6.45) is 3.09. The van der Waals surface area contributed by atoms with E-state index in [-0.39, 0.29) is 6.10 Å². The van der Waals surface area contributed by atoms with E-state index in [1.807, 2.05) is 12.1 Å². The predicted octanol–water partition coefficient (Wildman–Crippen LogP) is 2.41. The first-order valence-electron chi connectivity index (χ1n) is 5.80. The fourth-order valence-corrected chi connectivity index (χ4v) is 1.47. The summed E-state index contributed by atoms with van der Waals surface area (Å²) in [5.74, 6) is 0. The van der Waals surface area contributed by atoms with Gasteiger partial charge in [-0.2, -0.15) is 0 Å². The van der Waals surface area contributed by atoms with Gasteiger partial charge >= 0.3 is 0 Å². The summed E-state index contributed by atoms with van der Waals surface area (Å²) in [6.45, 7) is 8.23. The van der Waals surface area contributed by atoms with E-state index in [0.717, 1.165) is 26.1 Å². The van der Waals surface area contributed by atoms with Gasteiger partial charge in [0, 0.05) is 13.1 Å². The maximum Gasteiger partial charge on any atom is 0.0671 e. The van der Waals surface area contributed by atoms with E-state index in [9.17, 15) is 0 Å². The maximum atomic E-state index is 5.70. The van der Waals surface area contributed by atoms with Gasteiger partial charge in [-0.15, -0.1) is 6.58 Å². The van der Waals surface area contributed by atoms with Crippen LogP contribution in [-0.4, -0.2) is 25.8 Å². The third kappa shape index (κ3) is 5.69. The fourth-order valence-electron chi connectivity index (χ4n) is 1.47. The molecule has 0 radical (unpaired) electrons. The molecule has 1 atom stereocenters. The number of ether oxygens (including phenoxy) is 1. The van der Waals surface area contributed by atoms with Gasteiger partial charge in [0.1, 0.15) is 0 Å². The summed E-state index contributed by atoms with van der Waals surface area (Å²) >= 11 is 0. The molecule has 0 spiro atoms. The normalized spacial score (nSPS) is 12.3. The Kier molecular flexibility index (Phi) is 6.54. The Morgan fingerprint density at radius 3 is 2.81 bits per heavy atom. The molecule has 0 heterocycles. The number of rotatable bonds is 8. The van der Waals surface area contributed by atoms with Crippen molar-refractivity contribution in [2.75, 3.05) is 19.7 Å². The summed E-state index contributed by atoms with van der Waals surface area (Å²) in [4.78, 5) is 0. The largest absolute Gasteiger partial charge is 0.377 e. The van der Waals surface area contributed by atoms with Crippen LogP contribution in [0.5, 0.6) is 0 Å². The second-order valence-corrected chi connectivity index (χ2v) is 3.86. The second-order valence-electron chi connectivity index (χ2n) is 3.86. The van der Waals surface area contributed by atoms with Crippen molar-refractivity contribution in [3.8, 4) is 0 Å². The molecular weight excluding hydrogens is 198 g/mol. The molecule has 1 unspecified atom stereocenters. The van der Waals surface area contributed by atoms with Gasteiger partial charge in [0.25, 0.3) is 0 Å². The van der Waals surface area contributed by atoms with Crippen LogP contribution in [0.2, 0.25) is 0 Å². The molecule has 1 rings (SSSR count). The Bertz CT molecular complexity index is 284. The van der Waals surface area contributed by atoms with Crippen molar-refractivity contribution in [1.82, 2.24) is 5.32 Å². The van der Waals surface area contributed by atoms with E-state index in [1.165, 1.54) is 5.56 Å². The Morgan fingerprint density at radius 2 is 2.12 bits per heavy atom. The molecule has 0 aliphatic carbocycles. The van der Waals surface area contributed by atoms with Crippen LogP contribution in [0.1, 0.15) is 12.5 Å². The van der Waals surface area contributed by atoms with Crippen LogP contribution in [0.4, 0.5) is 0 Å². The van der Waals surface area contributed by atoms with Gasteiger partial charge in [0.15, 0.2) is 0 Å². The average molecular weight is 219 g/mol. The highest BCUT2D eigenvalue weighted by molar-refractivity contribution is 5.14. The zero-order valence-electron chi connectivity index (χ0n) is 9.99. The second kappa shape index (κ2) is 8.08. The molecule has 2 heteroatoms. The maximum absolute atomic E-state index is 5.70. The zero-order chi connectivity index (χ0) is 11.6. The first-order chi connectivity index (χ1) is 7.83. The lowest BCUT2D eigenvalue weighted by Gasteiger charge is -2.13. The predicted molar refractivity (Wildman–Crippen MR) is 68.6 cm³/mol. The minimum Gasteiger partial charge on any atom is -0.377 e. The summed E-state index contributed by atoms with van der Waals surface area (Å²) in [5, 5.41) is 3.24. The van der Waals surface area contributed by atoms with Crippen molar-refractivity contribution in [3.63, 3.8) is 0 Å². The molecule has 0 saturated carbocycles. The molecule has 1 N–H and O–H groups in total. The third-order valence-corrected chi connectivity index (χ3v) is 2.36. The van der Waals surface area contributed by atoms with Crippen LogP contribution in [0, 0.1) is 0 Å². The van der Waals surface area contributed by atoms with Crippen LogP contribution in [0.25, 0.3) is 0 Å². The molecule has 0 aliphatic rings. The highest BCUT2D eigenvalue weighted by Gasteiger charge is 2.00. The van der Waals surface area contributed by atoms with Gasteiger partial charge in [-0.05, 0) is 18.9 Å². The van der Waals surface area contributed by atoms with Gasteiger partial charge in [-0.3, -0.25) is 0 Å². The first-order valence-corrected chi connectivity index (χ1v) is 5.80. The van der Waals surface area contributed by atoms with Crippen LogP contribution in [-0.2, 0) is 11.2 Å². The van der Waals surface area contributed by atoms with E-state index >= 15 is 0 Å². The van der Waals surface area contributed by atoms with E-state index in [2.05, 4.69) is 43.1 Å². The van der Waals surface area contributed by atoms with Crippen molar-refractivity contribution in [3.05, 3.63) is 48.6 Å². The molecule has 0 fully saturated rings. The van der Waals surface area contributed by atoms with E-state index in [4.69, 9.17) is 4.74 Å². The molecule has 2 nitrogen and oxygen atoms in total. The summed E-state index contributed by atoms with van der Waals surface area (Å²) in [5.41, 5.74) is 1.33. The van der Waals surface area contributed by atoms with Gasteiger partial charge in [-0.1, -0.05) is 36.4 Å². The molecule has 88 valence electrons. The van der Waals surface area contributed by atoms with Gasteiger partial charge < -0.3 is 10.1 Å². The highest BCUT2D eigenvalue weighted by Crippen LogP contribution is 2.00. The lowest BCUT2D eigenvalue weighted by Crippen LogP contribution is -2.27. The molecule has 0 aliphatic heterocycles. The van der Waals surface area contributed by atoms with Crippen LogP contribution >= 0.6 is 0 Å². The molecule has 0 amide bonds. The van der Waals surface area contributed by atoms with E-state index < -0.39 is 0 Å². The number of hydrogen-bond acceptors (Lipinski definition) is 2. The van der Waals surface area contributed by atoms with Crippen LogP contribution in [0.3, 0.4) is 0 Å².